The quantitative estimate of drug-likeness (QED) is 0.895. The van der Waals surface area contributed by atoms with Crippen molar-refractivity contribution in [1.29, 1.82) is 0 Å². The lowest BCUT2D eigenvalue weighted by molar-refractivity contribution is 0.0698. The number of benzene rings is 1. The van der Waals surface area contributed by atoms with Crippen LogP contribution >= 0.6 is 11.6 Å². The second-order valence-corrected chi connectivity index (χ2v) is 5.36. The maximum Gasteiger partial charge on any atom is 0.339 e. The lowest BCUT2D eigenvalue weighted by atomic mass is 10.1. The van der Waals surface area contributed by atoms with Gasteiger partial charge in [-0.2, -0.15) is 0 Å². The van der Waals surface area contributed by atoms with Crippen molar-refractivity contribution in [3.8, 4) is 0 Å². The summed E-state index contributed by atoms with van der Waals surface area (Å²) < 4.78 is 5.08. The molecule has 1 aliphatic heterocycles. The molecule has 2 N–H and O–H groups in total. The van der Waals surface area contributed by atoms with Crippen LogP contribution in [-0.4, -0.2) is 48.8 Å². The molecule has 1 heterocycles. The number of methoxy groups -OCH3 is 1. The van der Waals surface area contributed by atoms with E-state index in [1.54, 1.807) is 18.1 Å². The fourth-order valence-corrected chi connectivity index (χ4v) is 2.68. The molecule has 0 bridgehead atoms. The lowest BCUT2D eigenvalue weighted by Crippen LogP contribution is -2.33. The number of carboxylic acid groups (broad SMARTS) is 1. The van der Waals surface area contributed by atoms with Crippen LogP contribution in [0, 0.1) is 5.92 Å². The van der Waals surface area contributed by atoms with Crippen molar-refractivity contribution in [3.05, 3.63) is 28.8 Å². The summed E-state index contributed by atoms with van der Waals surface area (Å²) in [6, 6.07) is 4.28. The van der Waals surface area contributed by atoms with E-state index in [2.05, 4.69) is 5.32 Å². The Labute approximate surface area is 127 Å². The first-order valence-electron chi connectivity index (χ1n) is 6.59. The molecular weight excluding hydrogens is 296 g/mol. The normalized spacial score (nSPS) is 17.8. The molecule has 2 amide bonds. The predicted molar refractivity (Wildman–Crippen MR) is 79.0 cm³/mol. The van der Waals surface area contributed by atoms with Crippen molar-refractivity contribution >= 4 is 29.3 Å². The minimum absolute atomic E-state index is 0.0963. The van der Waals surface area contributed by atoms with Gasteiger partial charge in [-0.05, 0) is 18.6 Å². The van der Waals surface area contributed by atoms with Gasteiger partial charge >= 0.3 is 12.0 Å². The van der Waals surface area contributed by atoms with Gasteiger partial charge in [0.2, 0.25) is 0 Å². The van der Waals surface area contributed by atoms with Gasteiger partial charge in [-0.15, -0.1) is 0 Å². The highest BCUT2D eigenvalue weighted by molar-refractivity contribution is 6.34. The number of carbonyl (C=O) groups is 2. The maximum absolute atomic E-state index is 12.2. The van der Waals surface area contributed by atoms with Crippen LogP contribution in [0.4, 0.5) is 10.5 Å². The van der Waals surface area contributed by atoms with Crippen molar-refractivity contribution < 1.29 is 19.4 Å². The van der Waals surface area contributed by atoms with Crippen molar-refractivity contribution in [2.24, 2.45) is 5.92 Å². The number of nitrogens with zero attached hydrogens (tertiary/aromatic N) is 1. The third-order valence-corrected chi connectivity index (χ3v) is 3.76. The van der Waals surface area contributed by atoms with E-state index in [4.69, 9.17) is 16.3 Å². The zero-order valence-corrected chi connectivity index (χ0v) is 12.4. The zero-order chi connectivity index (χ0) is 15.4. The van der Waals surface area contributed by atoms with E-state index in [-0.39, 0.29) is 22.3 Å². The molecule has 114 valence electrons. The SMILES string of the molecule is COCC1CCN(C(=O)Nc2cccc(Cl)c2C(=O)O)C1. The second kappa shape index (κ2) is 6.78. The highest BCUT2D eigenvalue weighted by atomic mass is 35.5. The third kappa shape index (κ3) is 3.65. The Hall–Kier alpha value is -1.79. The van der Waals surface area contributed by atoms with Crippen molar-refractivity contribution in [3.63, 3.8) is 0 Å². The number of carboxylic acids is 1. The van der Waals surface area contributed by atoms with Crippen molar-refractivity contribution in [2.45, 2.75) is 6.42 Å². The minimum Gasteiger partial charge on any atom is -0.478 e. The zero-order valence-electron chi connectivity index (χ0n) is 11.6. The number of aromatic carboxylic acids is 1. The fraction of sp³-hybridized carbons (Fsp3) is 0.429. The minimum atomic E-state index is -1.17. The maximum atomic E-state index is 12.2. The molecule has 1 saturated heterocycles. The molecule has 0 aromatic heterocycles. The van der Waals surface area contributed by atoms with Gasteiger partial charge in [-0.25, -0.2) is 9.59 Å². The first-order valence-corrected chi connectivity index (χ1v) is 6.97. The first kappa shape index (κ1) is 15.6. The molecule has 0 spiro atoms. The van der Waals surface area contributed by atoms with Crippen LogP contribution in [0.25, 0.3) is 0 Å². The molecule has 0 saturated carbocycles. The standard InChI is InChI=1S/C14H17ClN2O4/c1-21-8-9-5-6-17(7-9)14(20)16-11-4-2-3-10(15)12(11)13(18)19/h2-4,9H,5-8H2,1H3,(H,16,20)(H,18,19). The Kier molecular flexibility index (Phi) is 5.03. The average Bonchev–Trinajstić information content (AvgIpc) is 2.87. The summed E-state index contributed by atoms with van der Waals surface area (Å²) >= 11 is 5.87. The van der Waals surface area contributed by atoms with Crippen LogP contribution in [0.15, 0.2) is 18.2 Å². The number of carbonyl (C=O) groups excluding carboxylic acids is 1. The molecule has 21 heavy (non-hydrogen) atoms. The van der Waals surface area contributed by atoms with E-state index in [1.165, 1.54) is 12.1 Å². The lowest BCUT2D eigenvalue weighted by Gasteiger charge is -2.18. The van der Waals surface area contributed by atoms with Gasteiger partial charge < -0.3 is 20.1 Å². The van der Waals surface area contributed by atoms with Gasteiger partial charge in [-0.3, -0.25) is 0 Å². The number of hydrogen-bond donors (Lipinski definition) is 2. The van der Waals surface area contributed by atoms with Gasteiger partial charge in [0.05, 0.1) is 17.3 Å². The highest BCUT2D eigenvalue weighted by Crippen LogP contribution is 2.25. The molecule has 0 aliphatic carbocycles. The van der Waals surface area contributed by atoms with Gasteiger partial charge in [0, 0.05) is 26.1 Å². The Morgan fingerprint density at radius 1 is 1.52 bits per heavy atom. The summed E-state index contributed by atoms with van der Waals surface area (Å²) in [6.45, 7) is 1.84. The number of nitrogens with one attached hydrogen (secondary N) is 1. The Balaban J connectivity index is 2.07. The number of anilines is 1. The van der Waals surface area contributed by atoms with E-state index in [9.17, 15) is 14.7 Å². The largest absolute Gasteiger partial charge is 0.478 e. The molecule has 6 nitrogen and oxygen atoms in total. The topological polar surface area (TPSA) is 78.9 Å². The number of rotatable bonds is 4. The van der Waals surface area contributed by atoms with Crippen LogP contribution in [0.5, 0.6) is 0 Å². The molecule has 1 aromatic rings. The van der Waals surface area contributed by atoms with Gasteiger partial charge in [0.1, 0.15) is 5.56 Å². The van der Waals surface area contributed by atoms with Crippen LogP contribution in [0.2, 0.25) is 5.02 Å². The molecule has 2 rings (SSSR count). The monoisotopic (exact) mass is 312 g/mol. The predicted octanol–water partition coefficient (Wildman–Crippen LogP) is 2.54. The molecule has 1 aliphatic rings. The number of urea groups is 1. The molecule has 1 fully saturated rings. The number of ether oxygens (including phenoxy) is 1. The summed E-state index contributed by atoms with van der Waals surface area (Å²) in [4.78, 5) is 25.1. The molecule has 1 atom stereocenters. The van der Waals surface area contributed by atoms with Crippen LogP contribution < -0.4 is 5.32 Å². The number of halogens is 1. The first-order chi connectivity index (χ1) is 10.0. The molecule has 1 unspecified atom stereocenters. The Morgan fingerprint density at radius 3 is 2.95 bits per heavy atom. The van der Waals surface area contributed by atoms with E-state index in [0.717, 1.165) is 6.42 Å². The van der Waals surface area contributed by atoms with Crippen molar-refractivity contribution in [2.75, 3.05) is 32.1 Å². The smallest absolute Gasteiger partial charge is 0.339 e. The number of likely N-dealkylation sites (tertiary alicyclic amines) is 1. The van der Waals surface area contributed by atoms with E-state index in [0.29, 0.717) is 25.6 Å². The van der Waals surface area contributed by atoms with Crippen LogP contribution in [-0.2, 0) is 4.74 Å². The van der Waals surface area contributed by atoms with Gasteiger partial charge in [0.15, 0.2) is 0 Å². The summed E-state index contributed by atoms with van der Waals surface area (Å²) in [5, 5.41) is 11.9. The average molecular weight is 313 g/mol. The van der Waals surface area contributed by atoms with E-state index < -0.39 is 5.97 Å². The summed E-state index contributed by atoms with van der Waals surface area (Å²) in [6.07, 6.45) is 0.878. The second-order valence-electron chi connectivity index (χ2n) is 4.95. The Morgan fingerprint density at radius 2 is 2.29 bits per heavy atom. The molecule has 1 aromatic carbocycles. The van der Waals surface area contributed by atoms with Crippen LogP contribution in [0.1, 0.15) is 16.8 Å². The van der Waals surface area contributed by atoms with E-state index >= 15 is 0 Å². The number of amides is 2. The van der Waals surface area contributed by atoms with Crippen LogP contribution in [0.3, 0.4) is 0 Å². The molecule has 7 heteroatoms. The van der Waals surface area contributed by atoms with Gasteiger partial charge in [-0.1, -0.05) is 17.7 Å². The number of hydrogen-bond acceptors (Lipinski definition) is 3. The summed E-state index contributed by atoms with van der Waals surface area (Å²) in [5.74, 6) is -0.853. The van der Waals surface area contributed by atoms with Gasteiger partial charge in [0.25, 0.3) is 0 Å². The summed E-state index contributed by atoms with van der Waals surface area (Å²) in [5.41, 5.74) is 0.107. The molecular formula is C14H17ClN2O4. The van der Waals surface area contributed by atoms with Crippen molar-refractivity contribution in [1.82, 2.24) is 4.90 Å². The van der Waals surface area contributed by atoms with E-state index in [1.807, 2.05) is 0 Å². The summed E-state index contributed by atoms with van der Waals surface area (Å²) in [7, 11) is 1.63. The highest BCUT2D eigenvalue weighted by Gasteiger charge is 2.27. The third-order valence-electron chi connectivity index (χ3n) is 3.44. The Bertz CT molecular complexity index is 550. The molecule has 0 radical (unpaired) electrons. The fourth-order valence-electron chi connectivity index (χ4n) is 2.43.